The van der Waals surface area contributed by atoms with Gasteiger partial charge in [-0.25, -0.2) is 9.37 Å². The molecule has 0 aliphatic heterocycles. The summed E-state index contributed by atoms with van der Waals surface area (Å²) in [7, 11) is 0. The summed E-state index contributed by atoms with van der Waals surface area (Å²) in [5, 5.41) is 2.73. The first-order valence-corrected chi connectivity index (χ1v) is 6.53. The van der Waals surface area contributed by atoms with Crippen LogP contribution >= 0.6 is 22.9 Å². The van der Waals surface area contributed by atoms with Crippen LogP contribution in [0.4, 0.5) is 4.39 Å². The molecule has 0 aliphatic carbocycles. The van der Waals surface area contributed by atoms with E-state index in [1.807, 2.05) is 12.3 Å². The van der Waals surface area contributed by atoms with E-state index in [4.69, 9.17) is 16.3 Å². The summed E-state index contributed by atoms with van der Waals surface area (Å²) in [6, 6.07) is 6.07. The molecule has 0 bridgehead atoms. The van der Waals surface area contributed by atoms with E-state index in [0.717, 1.165) is 10.7 Å². The lowest BCUT2D eigenvalue weighted by atomic mass is 10.3. The molecule has 1 aromatic heterocycles. The van der Waals surface area contributed by atoms with Crippen LogP contribution in [0.15, 0.2) is 29.6 Å². The third-order valence-electron chi connectivity index (χ3n) is 2.16. The van der Waals surface area contributed by atoms with Crippen molar-refractivity contribution in [2.75, 3.05) is 0 Å². The van der Waals surface area contributed by atoms with Gasteiger partial charge in [-0.05, 0) is 19.1 Å². The molecule has 0 N–H and O–H groups in total. The fraction of sp³-hybridized carbons (Fsp3) is 0.250. The smallest absolute Gasteiger partial charge is 0.147 e. The predicted octanol–water partition coefficient (Wildman–Crippen LogP) is 4.16. The molecule has 5 heteroatoms. The van der Waals surface area contributed by atoms with E-state index >= 15 is 0 Å². The summed E-state index contributed by atoms with van der Waals surface area (Å²) in [4.78, 5) is 4.32. The zero-order valence-electron chi connectivity index (χ0n) is 9.19. The minimum atomic E-state index is -0.310. The standard InChI is InChI=1S/C12H11ClFNOS/c1-8(12-15-10(6-13)7-17-12)16-11-4-2-3-9(14)5-11/h2-5,7-8H,6H2,1H3. The molecule has 1 atom stereocenters. The number of thiazole rings is 1. The third kappa shape index (κ3) is 3.17. The number of rotatable bonds is 4. The summed E-state index contributed by atoms with van der Waals surface area (Å²) in [6.07, 6.45) is -0.209. The second kappa shape index (κ2) is 5.47. The SMILES string of the molecule is CC(Oc1cccc(F)c1)c1nc(CCl)cs1. The lowest BCUT2D eigenvalue weighted by molar-refractivity contribution is 0.225. The van der Waals surface area contributed by atoms with Crippen molar-refractivity contribution in [3.8, 4) is 5.75 Å². The van der Waals surface area contributed by atoms with Crippen molar-refractivity contribution in [1.82, 2.24) is 4.98 Å². The molecule has 0 fully saturated rings. The molecule has 2 nitrogen and oxygen atoms in total. The Balaban J connectivity index is 2.08. The Kier molecular flexibility index (Phi) is 3.97. The van der Waals surface area contributed by atoms with E-state index in [1.54, 1.807) is 12.1 Å². The van der Waals surface area contributed by atoms with Crippen molar-refractivity contribution in [1.29, 1.82) is 0 Å². The second-order valence-electron chi connectivity index (χ2n) is 3.53. The molecule has 1 aromatic carbocycles. The van der Waals surface area contributed by atoms with Gasteiger partial charge < -0.3 is 4.74 Å². The molecular formula is C12H11ClFNOS. The lowest BCUT2D eigenvalue weighted by Crippen LogP contribution is -2.03. The summed E-state index contributed by atoms with van der Waals surface area (Å²) < 4.78 is 18.6. The molecule has 0 radical (unpaired) electrons. The molecular weight excluding hydrogens is 261 g/mol. The highest BCUT2D eigenvalue weighted by Gasteiger charge is 2.12. The van der Waals surface area contributed by atoms with E-state index in [-0.39, 0.29) is 11.9 Å². The molecule has 0 aliphatic rings. The third-order valence-corrected chi connectivity index (χ3v) is 3.49. The van der Waals surface area contributed by atoms with Gasteiger partial charge in [0.05, 0.1) is 11.6 Å². The van der Waals surface area contributed by atoms with Crippen LogP contribution in [0.5, 0.6) is 5.75 Å². The van der Waals surface area contributed by atoms with Gasteiger partial charge in [0.1, 0.15) is 22.7 Å². The van der Waals surface area contributed by atoms with Crippen LogP contribution in [0, 0.1) is 5.82 Å². The molecule has 1 unspecified atom stereocenters. The Labute approximate surface area is 108 Å². The zero-order chi connectivity index (χ0) is 12.3. The quantitative estimate of drug-likeness (QED) is 0.779. The lowest BCUT2D eigenvalue weighted by Gasteiger charge is -2.11. The largest absolute Gasteiger partial charge is 0.483 e. The molecule has 0 saturated heterocycles. The van der Waals surface area contributed by atoms with Gasteiger partial charge in [-0.15, -0.1) is 22.9 Å². The van der Waals surface area contributed by atoms with E-state index in [2.05, 4.69) is 4.98 Å². The maximum Gasteiger partial charge on any atom is 0.147 e. The molecule has 2 rings (SSSR count). The molecule has 2 aromatic rings. The van der Waals surface area contributed by atoms with Crippen LogP contribution in [0.3, 0.4) is 0 Å². The van der Waals surface area contributed by atoms with Gasteiger partial charge in [0.25, 0.3) is 0 Å². The number of halogens is 2. The van der Waals surface area contributed by atoms with Crippen molar-refractivity contribution in [2.24, 2.45) is 0 Å². The van der Waals surface area contributed by atoms with Gasteiger partial charge in [-0.2, -0.15) is 0 Å². The summed E-state index contributed by atoms with van der Waals surface area (Å²) >= 11 is 7.17. The van der Waals surface area contributed by atoms with Crippen molar-refractivity contribution < 1.29 is 9.13 Å². The highest BCUT2D eigenvalue weighted by Crippen LogP contribution is 2.25. The molecule has 1 heterocycles. The fourth-order valence-corrected chi connectivity index (χ4v) is 2.40. The van der Waals surface area contributed by atoms with Gasteiger partial charge >= 0.3 is 0 Å². The Morgan fingerprint density at radius 2 is 2.35 bits per heavy atom. The van der Waals surface area contributed by atoms with E-state index < -0.39 is 0 Å². The average molecular weight is 272 g/mol. The van der Waals surface area contributed by atoms with Crippen molar-refractivity contribution in [2.45, 2.75) is 18.9 Å². The van der Waals surface area contributed by atoms with Crippen LogP contribution in [0.25, 0.3) is 0 Å². The predicted molar refractivity (Wildman–Crippen MR) is 67.1 cm³/mol. The minimum absolute atomic E-state index is 0.209. The molecule has 17 heavy (non-hydrogen) atoms. The monoisotopic (exact) mass is 271 g/mol. The normalized spacial score (nSPS) is 12.4. The average Bonchev–Trinajstić information content (AvgIpc) is 2.77. The van der Waals surface area contributed by atoms with Gasteiger partial charge in [0.2, 0.25) is 0 Å². The number of hydrogen-bond donors (Lipinski definition) is 0. The number of benzene rings is 1. The van der Waals surface area contributed by atoms with E-state index in [1.165, 1.54) is 23.5 Å². The maximum atomic E-state index is 13.0. The van der Waals surface area contributed by atoms with Gasteiger partial charge in [-0.1, -0.05) is 6.07 Å². The Morgan fingerprint density at radius 1 is 1.53 bits per heavy atom. The van der Waals surface area contributed by atoms with Crippen molar-refractivity contribution in [3.05, 3.63) is 46.2 Å². The number of nitrogens with zero attached hydrogens (tertiary/aromatic N) is 1. The highest BCUT2D eigenvalue weighted by atomic mass is 35.5. The van der Waals surface area contributed by atoms with Crippen LogP contribution in [-0.2, 0) is 5.88 Å². The molecule has 90 valence electrons. The first-order valence-electron chi connectivity index (χ1n) is 5.11. The Bertz CT molecular complexity index is 503. The second-order valence-corrected chi connectivity index (χ2v) is 4.69. The molecule has 0 spiro atoms. The van der Waals surface area contributed by atoms with Crippen molar-refractivity contribution >= 4 is 22.9 Å². The summed E-state index contributed by atoms with van der Waals surface area (Å²) in [5.41, 5.74) is 0.835. The van der Waals surface area contributed by atoms with E-state index in [9.17, 15) is 4.39 Å². The zero-order valence-corrected chi connectivity index (χ0v) is 10.8. The Hall–Kier alpha value is -1.13. The summed E-state index contributed by atoms with van der Waals surface area (Å²) in [6.45, 7) is 1.88. The topological polar surface area (TPSA) is 22.1 Å². The first kappa shape index (κ1) is 12.3. The number of aromatic nitrogens is 1. The minimum Gasteiger partial charge on any atom is -0.483 e. The van der Waals surface area contributed by atoms with Crippen LogP contribution < -0.4 is 4.74 Å². The number of ether oxygens (including phenoxy) is 1. The van der Waals surface area contributed by atoms with Crippen LogP contribution in [0.2, 0.25) is 0 Å². The summed E-state index contributed by atoms with van der Waals surface area (Å²) in [5.74, 6) is 0.582. The fourth-order valence-electron chi connectivity index (χ4n) is 1.37. The van der Waals surface area contributed by atoms with E-state index in [0.29, 0.717) is 11.6 Å². The first-order chi connectivity index (χ1) is 8.19. The van der Waals surface area contributed by atoms with Crippen molar-refractivity contribution in [3.63, 3.8) is 0 Å². The maximum absolute atomic E-state index is 13.0. The molecule has 0 amide bonds. The number of hydrogen-bond acceptors (Lipinski definition) is 3. The van der Waals surface area contributed by atoms with Gasteiger partial charge in [0, 0.05) is 11.4 Å². The van der Waals surface area contributed by atoms with Gasteiger partial charge in [0.15, 0.2) is 0 Å². The molecule has 0 saturated carbocycles. The van der Waals surface area contributed by atoms with Crippen LogP contribution in [0.1, 0.15) is 23.7 Å². The van der Waals surface area contributed by atoms with Crippen LogP contribution in [-0.4, -0.2) is 4.98 Å². The van der Waals surface area contributed by atoms with Gasteiger partial charge in [-0.3, -0.25) is 0 Å². The Morgan fingerprint density at radius 3 is 3.00 bits per heavy atom. The number of alkyl halides is 1. The highest BCUT2D eigenvalue weighted by molar-refractivity contribution is 7.09.